The first kappa shape index (κ1) is 12.0. The molecule has 0 spiro atoms. The molecule has 1 aromatic carbocycles. The molecule has 0 aromatic heterocycles. The molecule has 15 heavy (non-hydrogen) atoms. The molecule has 1 nitrogen and oxygen atoms in total. The van der Waals surface area contributed by atoms with Crippen LogP contribution in [0.1, 0.15) is 30.9 Å². The van der Waals surface area contributed by atoms with Crippen molar-refractivity contribution in [3.63, 3.8) is 0 Å². The van der Waals surface area contributed by atoms with E-state index >= 15 is 0 Å². The Hall–Kier alpha value is -1.08. The lowest BCUT2D eigenvalue weighted by Crippen LogP contribution is -2.05. The van der Waals surface area contributed by atoms with Crippen molar-refractivity contribution in [2.75, 3.05) is 13.6 Å². The third-order valence-corrected chi connectivity index (χ3v) is 2.36. The summed E-state index contributed by atoms with van der Waals surface area (Å²) in [5, 5.41) is 3.13. The van der Waals surface area contributed by atoms with Crippen LogP contribution in [0.25, 0.3) is 6.08 Å². The Morgan fingerprint density at radius 3 is 2.93 bits per heavy atom. The molecule has 0 saturated heterocycles. The van der Waals surface area contributed by atoms with Crippen molar-refractivity contribution < 1.29 is 0 Å². The summed E-state index contributed by atoms with van der Waals surface area (Å²) >= 11 is 0. The van der Waals surface area contributed by atoms with Crippen molar-refractivity contribution in [3.05, 3.63) is 41.5 Å². The van der Waals surface area contributed by atoms with Gasteiger partial charge in [0.25, 0.3) is 0 Å². The SMILES string of the molecule is CCCc1cccc(/C=C/CCNC)c1. The topological polar surface area (TPSA) is 12.0 Å². The fourth-order valence-electron chi connectivity index (χ4n) is 1.59. The highest BCUT2D eigenvalue weighted by Gasteiger charge is 1.91. The first-order valence-corrected chi connectivity index (χ1v) is 5.77. The lowest BCUT2D eigenvalue weighted by atomic mass is 10.1. The lowest BCUT2D eigenvalue weighted by molar-refractivity contribution is 0.809. The van der Waals surface area contributed by atoms with E-state index in [1.54, 1.807) is 0 Å². The van der Waals surface area contributed by atoms with Gasteiger partial charge >= 0.3 is 0 Å². The lowest BCUT2D eigenvalue weighted by Gasteiger charge is -2.00. The van der Waals surface area contributed by atoms with E-state index in [9.17, 15) is 0 Å². The first-order chi connectivity index (χ1) is 7.36. The van der Waals surface area contributed by atoms with Gasteiger partial charge in [0.05, 0.1) is 0 Å². The van der Waals surface area contributed by atoms with Crippen LogP contribution in [-0.2, 0) is 6.42 Å². The number of benzene rings is 1. The van der Waals surface area contributed by atoms with Gasteiger partial charge in [0.1, 0.15) is 0 Å². The molecular weight excluding hydrogens is 182 g/mol. The van der Waals surface area contributed by atoms with Gasteiger partial charge in [-0.3, -0.25) is 0 Å². The molecule has 0 aliphatic carbocycles. The Morgan fingerprint density at radius 1 is 1.33 bits per heavy atom. The summed E-state index contributed by atoms with van der Waals surface area (Å²) in [7, 11) is 1.98. The van der Waals surface area contributed by atoms with Crippen LogP contribution in [0.15, 0.2) is 30.3 Å². The maximum absolute atomic E-state index is 3.13. The number of hydrogen-bond acceptors (Lipinski definition) is 1. The molecule has 0 heterocycles. The van der Waals surface area contributed by atoms with Crippen molar-refractivity contribution in [3.8, 4) is 0 Å². The molecule has 0 fully saturated rings. The molecule has 0 unspecified atom stereocenters. The van der Waals surface area contributed by atoms with E-state index < -0.39 is 0 Å². The maximum Gasteiger partial charge on any atom is -0.00172 e. The molecule has 1 aromatic rings. The molecule has 0 amide bonds. The first-order valence-electron chi connectivity index (χ1n) is 5.77. The zero-order chi connectivity index (χ0) is 10.9. The van der Waals surface area contributed by atoms with Crippen LogP contribution < -0.4 is 5.32 Å². The predicted molar refractivity (Wildman–Crippen MR) is 68.0 cm³/mol. The van der Waals surface area contributed by atoms with Gasteiger partial charge in [-0.2, -0.15) is 0 Å². The molecule has 0 atom stereocenters. The smallest absolute Gasteiger partial charge is 0.00172 e. The van der Waals surface area contributed by atoms with Crippen molar-refractivity contribution in [2.24, 2.45) is 0 Å². The molecule has 1 N–H and O–H groups in total. The fourth-order valence-corrected chi connectivity index (χ4v) is 1.59. The summed E-state index contributed by atoms with van der Waals surface area (Å²) in [6.07, 6.45) is 7.91. The maximum atomic E-state index is 3.13. The molecule has 82 valence electrons. The number of aryl methyl sites for hydroxylation is 1. The van der Waals surface area contributed by atoms with Crippen molar-refractivity contribution >= 4 is 6.08 Å². The molecule has 0 aliphatic rings. The monoisotopic (exact) mass is 203 g/mol. The summed E-state index contributed by atoms with van der Waals surface area (Å²) in [5.74, 6) is 0. The number of rotatable bonds is 6. The van der Waals surface area contributed by atoms with Crippen molar-refractivity contribution in [1.82, 2.24) is 5.32 Å². The molecule has 1 heteroatoms. The molecule has 0 radical (unpaired) electrons. The minimum atomic E-state index is 1.05. The van der Waals surface area contributed by atoms with Crippen LogP contribution in [0.2, 0.25) is 0 Å². The zero-order valence-corrected chi connectivity index (χ0v) is 9.79. The Morgan fingerprint density at radius 2 is 2.20 bits per heavy atom. The van der Waals surface area contributed by atoms with Crippen molar-refractivity contribution in [1.29, 1.82) is 0 Å². The summed E-state index contributed by atoms with van der Waals surface area (Å²) in [5.41, 5.74) is 2.75. The second-order valence-corrected chi connectivity index (χ2v) is 3.79. The van der Waals surface area contributed by atoms with Gasteiger partial charge in [-0.25, -0.2) is 0 Å². The van der Waals surface area contributed by atoms with Gasteiger partial charge in [0.15, 0.2) is 0 Å². The molecule has 0 saturated carbocycles. The van der Waals surface area contributed by atoms with E-state index in [4.69, 9.17) is 0 Å². The normalized spacial score (nSPS) is 11.1. The van der Waals surface area contributed by atoms with Crippen molar-refractivity contribution in [2.45, 2.75) is 26.2 Å². The van der Waals surface area contributed by atoms with Gasteiger partial charge in [0, 0.05) is 0 Å². The standard InChI is InChI=1S/C14H21N/c1-3-7-13-9-6-10-14(12-13)8-4-5-11-15-2/h4,6,8-10,12,15H,3,5,7,11H2,1-2H3/b8-4+. The summed E-state index contributed by atoms with van der Waals surface area (Å²) < 4.78 is 0. The second-order valence-electron chi connectivity index (χ2n) is 3.79. The fraction of sp³-hybridized carbons (Fsp3) is 0.429. The molecule has 1 rings (SSSR count). The van der Waals surface area contributed by atoms with Crippen LogP contribution in [-0.4, -0.2) is 13.6 Å². The van der Waals surface area contributed by atoms with Crippen LogP contribution in [0.4, 0.5) is 0 Å². The summed E-state index contributed by atoms with van der Waals surface area (Å²) in [6.45, 7) is 3.26. The second kappa shape index (κ2) is 7.24. The van der Waals surface area contributed by atoms with E-state index in [1.807, 2.05) is 7.05 Å². The van der Waals surface area contributed by atoms with Crippen LogP contribution in [0.5, 0.6) is 0 Å². The third kappa shape index (κ3) is 4.80. The third-order valence-electron chi connectivity index (χ3n) is 2.36. The van der Waals surface area contributed by atoms with E-state index in [0.29, 0.717) is 0 Å². The number of nitrogens with one attached hydrogen (secondary N) is 1. The Kier molecular flexibility index (Phi) is 5.79. The number of hydrogen-bond donors (Lipinski definition) is 1. The van der Waals surface area contributed by atoms with Crippen LogP contribution >= 0.6 is 0 Å². The van der Waals surface area contributed by atoms with E-state index in [1.165, 1.54) is 24.0 Å². The van der Waals surface area contributed by atoms with E-state index in [0.717, 1.165) is 13.0 Å². The highest BCUT2D eigenvalue weighted by Crippen LogP contribution is 2.09. The van der Waals surface area contributed by atoms with E-state index in [2.05, 4.69) is 48.7 Å². The van der Waals surface area contributed by atoms with Gasteiger partial charge in [-0.05, 0) is 37.6 Å². The Labute approximate surface area is 93.2 Å². The van der Waals surface area contributed by atoms with Crippen LogP contribution in [0, 0.1) is 0 Å². The van der Waals surface area contributed by atoms with Gasteiger partial charge in [-0.15, -0.1) is 0 Å². The van der Waals surface area contributed by atoms with Gasteiger partial charge < -0.3 is 5.32 Å². The van der Waals surface area contributed by atoms with Gasteiger partial charge in [0.2, 0.25) is 0 Å². The quantitative estimate of drug-likeness (QED) is 0.700. The molecule has 0 aliphatic heterocycles. The predicted octanol–water partition coefficient (Wildman–Crippen LogP) is 3.26. The summed E-state index contributed by atoms with van der Waals surface area (Å²) in [6, 6.07) is 8.78. The summed E-state index contributed by atoms with van der Waals surface area (Å²) in [4.78, 5) is 0. The molecular formula is C14H21N. The average Bonchev–Trinajstić information content (AvgIpc) is 2.26. The largest absolute Gasteiger partial charge is 0.319 e. The zero-order valence-electron chi connectivity index (χ0n) is 9.79. The van der Waals surface area contributed by atoms with Crippen LogP contribution in [0.3, 0.4) is 0 Å². The van der Waals surface area contributed by atoms with Gasteiger partial charge in [-0.1, -0.05) is 49.8 Å². The minimum absolute atomic E-state index is 1.05. The van der Waals surface area contributed by atoms with E-state index in [-0.39, 0.29) is 0 Å². The highest BCUT2D eigenvalue weighted by molar-refractivity contribution is 5.50. The highest BCUT2D eigenvalue weighted by atomic mass is 14.8. The minimum Gasteiger partial charge on any atom is -0.319 e. The Balaban J connectivity index is 2.53. The molecule has 0 bridgehead atoms. The Bertz CT molecular complexity index is 302. The average molecular weight is 203 g/mol.